The molecule has 0 aliphatic rings. The lowest BCUT2D eigenvalue weighted by Gasteiger charge is -1.94. The van der Waals surface area contributed by atoms with E-state index in [2.05, 4.69) is 35.1 Å². The summed E-state index contributed by atoms with van der Waals surface area (Å²) in [6, 6.07) is 6.73. The average molecular weight is 407 g/mol. The number of pyridine rings is 1. The van der Waals surface area contributed by atoms with Crippen LogP contribution in [-0.4, -0.2) is 32.0 Å². The Morgan fingerprint density at radius 3 is 2.36 bits per heavy atom. The fourth-order valence-electron chi connectivity index (χ4n) is 1.60. The zero-order chi connectivity index (χ0) is 21.9. The van der Waals surface area contributed by atoms with E-state index in [1.54, 1.807) is 24.3 Å². The smallest absolute Gasteiger partial charge is 0.188 e. The van der Waals surface area contributed by atoms with Crippen LogP contribution in [0, 0.1) is 0 Å². The fourth-order valence-corrected chi connectivity index (χ4v) is 1.76. The summed E-state index contributed by atoms with van der Waals surface area (Å²) in [6.07, 6.45) is 4.88. The Morgan fingerprint density at radius 2 is 1.96 bits per heavy atom. The number of carbonyl (C=O) groups excluding carboxylic acids is 1. The minimum atomic E-state index is -0.0973. The summed E-state index contributed by atoms with van der Waals surface area (Å²) in [7, 11) is 3.36. The zero-order valence-electron chi connectivity index (χ0n) is 17.4. The maximum absolute atomic E-state index is 11.8. The number of ether oxygens (including phenoxy) is 1. The van der Waals surface area contributed by atoms with Gasteiger partial charge in [0, 0.05) is 31.4 Å². The van der Waals surface area contributed by atoms with Crippen LogP contribution in [0.4, 0.5) is 0 Å². The Bertz CT molecular complexity index is 786. The highest BCUT2D eigenvalue weighted by atomic mass is 35.5. The van der Waals surface area contributed by atoms with E-state index < -0.39 is 0 Å². The van der Waals surface area contributed by atoms with Crippen molar-refractivity contribution in [2.24, 2.45) is 0 Å². The summed E-state index contributed by atoms with van der Waals surface area (Å²) in [5, 5.41) is 3.91. The summed E-state index contributed by atoms with van der Waals surface area (Å²) in [5.74, 6) is 0. The molecule has 0 radical (unpaired) electrons. The summed E-state index contributed by atoms with van der Waals surface area (Å²) in [4.78, 5) is 25.1. The molecular weight excluding hydrogens is 376 g/mol. The number of carbonyl (C=O) groups is 1. The number of aromatic nitrogens is 1. The summed E-state index contributed by atoms with van der Waals surface area (Å²) in [5.41, 5.74) is 2.40. The molecule has 0 aliphatic heterocycles. The minimum Gasteiger partial charge on any atom is -0.392 e. The Morgan fingerprint density at radius 1 is 1.32 bits per heavy atom. The number of aldehydes is 1. The molecule has 28 heavy (non-hydrogen) atoms. The van der Waals surface area contributed by atoms with Crippen molar-refractivity contribution in [2.45, 2.75) is 27.2 Å². The first kappa shape index (κ1) is 27.7. The maximum atomic E-state index is 11.8. The molecule has 1 aromatic carbocycles. The molecule has 2 aromatic rings. The number of halogens is 1. The van der Waals surface area contributed by atoms with E-state index in [-0.39, 0.29) is 12.0 Å². The topological polar surface area (TPSA) is 68.3 Å². The van der Waals surface area contributed by atoms with Crippen LogP contribution in [0.15, 0.2) is 54.1 Å². The van der Waals surface area contributed by atoms with E-state index in [1.165, 1.54) is 19.4 Å². The largest absolute Gasteiger partial charge is 0.392 e. The van der Waals surface area contributed by atoms with E-state index in [9.17, 15) is 9.59 Å². The van der Waals surface area contributed by atoms with Crippen molar-refractivity contribution in [3.63, 3.8) is 0 Å². The second-order valence-corrected chi connectivity index (χ2v) is 5.40. The van der Waals surface area contributed by atoms with Crippen LogP contribution in [0.2, 0.25) is 5.02 Å². The van der Waals surface area contributed by atoms with Crippen molar-refractivity contribution in [1.29, 1.82) is 0 Å². The summed E-state index contributed by atoms with van der Waals surface area (Å²) >= 11 is 5.79. The SMILES string of the molecule is C=C(CC)NC.C=Cc1ccc2ncc(Cl)cc2c(=O)c1.CC.COCC=O. The van der Waals surface area contributed by atoms with Crippen LogP contribution in [0.1, 0.15) is 32.8 Å². The van der Waals surface area contributed by atoms with Crippen molar-refractivity contribution in [2.75, 3.05) is 20.8 Å². The zero-order valence-corrected chi connectivity index (χ0v) is 18.2. The van der Waals surface area contributed by atoms with Gasteiger partial charge in [0.1, 0.15) is 12.9 Å². The number of hydrogen-bond donors (Lipinski definition) is 1. The van der Waals surface area contributed by atoms with E-state index in [0.717, 1.165) is 17.7 Å². The lowest BCUT2D eigenvalue weighted by Crippen LogP contribution is -2.01. The Labute approximate surface area is 173 Å². The van der Waals surface area contributed by atoms with Gasteiger partial charge in [-0.15, -0.1) is 0 Å². The van der Waals surface area contributed by atoms with Crippen molar-refractivity contribution in [3.05, 3.63) is 70.1 Å². The number of hydrogen-bond acceptors (Lipinski definition) is 5. The first-order valence-corrected chi connectivity index (χ1v) is 9.31. The normalized spacial score (nSPS) is 8.64. The summed E-state index contributed by atoms with van der Waals surface area (Å²) < 4.78 is 4.32. The van der Waals surface area contributed by atoms with Gasteiger partial charge < -0.3 is 14.8 Å². The molecule has 0 saturated carbocycles. The first-order valence-electron chi connectivity index (χ1n) is 8.93. The maximum Gasteiger partial charge on any atom is 0.188 e. The Balaban J connectivity index is 0. The standard InChI is InChI=1S/C12H8ClNO.C5H11N.C3H6O2.C2H6/c1-2-8-3-4-11-10(12(15)5-8)6-9(13)7-14-11;1-4-5(2)6-3;1-5-3-2-4;1-2/h2-7H,1H2;6H,2,4H2,1,3H3;2H,3H2,1H3;1-2H3. The van der Waals surface area contributed by atoms with Gasteiger partial charge in [-0.2, -0.15) is 0 Å². The number of methoxy groups -OCH3 is 1. The second-order valence-electron chi connectivity index (χ2n) is 4.96. The predicted molar refractivity (Wildman–Crippen MR) is 121 cm³/mol. The monoisotopic (exact) mass is 406 g/mol. The molecule has 1 heterocycles. The Kier molecular flexibility index (Phi) is 17.7. The van der Waals surface area contributed by atoms with Crippen LogP contribution in [0.5, 0.6) is 0 Å². The third kappa shape index (κ3) is 12.0. The quantitative estimate of drug-likeness (QED) is 0.716. The van der Waals surface area contributed by atoms with E-state index in [0.29, 0.717) is 22.2 Å². The molecule has 6 heteroatoms. The third-order valence-corrected chi connectivity index (χ3v) is 3.34. The highest BCUT2D eigenvalue weighted by molar-refractivity contribution is 6.31. The fraction of sp³-hybridized carbons (Fsp3) is 0.318. The highest BCUT2D eigenvalue weighted by Gasteiger charge is 1.99. The number of fused-ring (bicyclic) bond motifs is 1. The van der Waals surface area contributed by atoms with Crippen LogP contribution in [0.25, 0.3) is 17.0 Å². The third-order valence-electron chi connectivity index (χ3n) is 3.13. The van der Waals surface area contributed by atoms with Crippen LogP contribution in [0.3, 0.4) is 0 Å². The number of nitrogens with zero attached hydrogens (tertiary/aromatic N) is 1. The van der Waals surface area contributed by atoms with Gasteiger partial charge in [0.05, 0.1) is 10.5 Å². The van der Waals surface area contributed by atoms with Gasteiger partial charge in [0.15, 0.2) is 5.43 Å². The number of nitrogens with one attached hydrogen (secondary N) is 1. The first-order chi connectivity index (χ1) is 13.4. The van der Waals surface area contributed by atoms with Gasteiger partial charge in [0.25, 0.3) is 0 Å². The molecule has 2 rings (SSSR count). The molecule has 0 spiro atoms. The molecular formula is C22H31ClN2O3. The molecule has 0 saturated heterocycles. The lowest BCUT2D eigenvalue weighted by molar-refractivity contribution is -0.110. The van der Waals surface area contributed by atoms with Crippen molar-refractivity contribution in [1.82, 2.24) is 10.3 Å². The molecule has 0 atom stereocenters. The van der Waals surface area contributed by atoms with E-state index >= 15 is 0 Å². The van der Waals surface area contributed by atoms with Gasteiger partial charge in [-0.25, -0.2) is 0 Å². The van der Waals surface area contributed by atoms with Gasteiger partial charge in [-0.05, 0) is 30.2 Å². The molecule has 1 N–H and O–H groups in total. The molecule has 5 nitrogen and oxygen atoms in total. The van der Waals surface area contributed by atoms with Crippen molar-refractivity contribution in [3.8, 4) is 0 Å². The Hall–Kier alpha value is -2.50. The van der Waals surface area contributed by atoms with Crippen LogP contribution in [-0.2, 0) is 9.53 Å². The van der Waals surface area contributed by atoms with Crippen molar-refractivity contribution >= 4 is 34.9 Å². The molecule has 154 valence electrons. The molecule has 0 amide bonds. The van der Waals surface area contributed by atoms with Gasteiger partial charge in [0.2, 0.25) is 0 Å². The number of allylic oxidation sites excluding steroid dienone is 1. The van der Waals surface area contributed by atoms with E-state index in [1.807, 2.05) is 20.9 Å². The minimum absolute atomic E-state index is 0.0973. The second kappa shape index (κ2) is 17.9. The highest BCUT2D eigenvalue weighted by Crippen LogP contribution is 2.13. The van der Waals surface area contributed by atoms with Crippen molar-refractivity contribution < 1.29 is 9.53 Å². The lowest BCUT2D eigenvalue weighted by atomic mass is 10.2. The van der Waals surface area contributed by atoms with Gasteiger partial charge in [-0.3, -0.25) is 9.78 Å². The molecule has 1 aromatic heterocycles. The van der Waals surface area contributed by atoms with Crippen LogP contribution >= 0.6 is 11.6 Å². The van der Waals surface area contributed by atoms with E-state index in [4.69, 9.17) is 11.6 Å². The average Bonchev–Trinajstić information content (AvgIpc) is 2.89. The van der Waals surface area contributed by atoms with Gasteiger partial charge >= 0.3 is 0 Å². The molecule has 0 aliphatic carbocycles. The summed E-state index contributed by atoms with van der Waals surface area (Å²) in [6.45, 7) is 13.6. The molecule has 0 unspecified atom stereocenters. The molecule has 0 bridgehead atoms. The molecule has 0 fully saturated rings. The van der Waals surface area contributed by atoms with Crippen LogP contribution < -0.4 is 10.7 Å². The number of rotatable bonds is 5. The predicted octanol–water partition coefficient (Wildman–Crippen LogP) is 4.88. The van der Waals surface area contributed by atoms with Gasteiger partial charge in [-0.1, -0.05) is 57.7 Å².